The van der Waals surface area contributed by atoms with Crippen molar-refractivity contribution in [3.05, 3.63) is 28.2 Å². The molecule has 6 heteroatoms. The largest absolute Gasteiger partial charge is 0.418 e. The molecule has 0 aromatic heterocycles. The predicted molar refractivity (Wildman–Crippen MR) is 68.7 cm³/mol. The lowest BCUT2D eigenvalue weighted by molar-refractivity contribution is -0.137. The topological polar surface area (TPSA) is 21.3 Å². The Morgan fingerprint density at radius 2 is 2.06 bits per heavy atom. The number of benzene rings is 1. The summed E-state index contributed by atoms with van der Waals surface area (Å²) in [5, 5.41) is 2.77. The maximum Gasteiger partial charge on any atom is 0.418 e. The number of hydrogen-bond donors (Lipinski definition) is 1. The first kappa shape index (κ1) is 15.3. The van der Waals surface area contributed by atoms with E-state index in [0.29, 0.717) is 17.6 Å². The Hall–Kier alpha value is -0.750. The molecule has 1 N–H and O–H groups in total. The summed E-state index contributed by atoms with van der Waals surface area (Å²) >= 11 is 3.04. The summed E-state index contributed by atoms with van der Waals surface area (Å²) in [5.41, 5.74) is -0.613. The molecule has 0 heterocycles. The van der Waals surface area contributed by atoms with Crippen molar-refractivity contribution in [1.29, 1.82) is 0 Å². The van der Waals surface area contributed by atoms with Crippen LogP contribution in [0.15, 0.2) is 22.7 Å². The number of hydrogen-bond acceptors (Lipinski definition) is 2. The highest BCUT2D eigenvalue weighted by Gasteiger charge is 2.33. The lowest BCUT2D eigenvalue weighted by atomic mass is 10.1. The summed E-state index contributed by atoms with van der Waals surface area (Å²) in [6, 6.07) is 4.04. The first-order chi connectivity index (χ1) is 8.34. The van der Waals surface area contributed by atoms with E-state index in [9.17, 15) is 13.2 Å². The fraction of sp³-hybridized carbons (Fsp3) is 0.500. The second kappa shape index (κ2) is 6.43. The first-order valence-corrected chi connectivity index (χ1v) is 6.36. The average molecular weight is 326 g/mol. The van der Waals surface area contributed by atoms with Crippen molar-refractivity contribution in [2.45, 2.75) is 26.1 Å². The molecule has 0 spiro atoms. The maximum atomic E-state index is 12.8. The van der Waals surface area contributed by atoms with E-state index in [1.807, 2.05) is 13.8 Å². The van der Waals surface area contributed by atoms with Crippen LogP contribution < -0.4 is 5.32 Å². The summed E-state index contributed by atoms with van der Waals surface area (Å²) in [4.78, 5) is 0. The minimum Gasteiger partial charge on any atom is -0.382 e. The Balaban J connectivity index is 2.82. The van der Waals surface area contributed by atoms with Crippen LogP contribution in [-0.4, -0.2) is 19.3 Å². The Morgan fingerprint density at radius 1 is 1.39 bits per heavy atom. The summed E-state index contributed by atoms with van der Waals surface area (Å²) in [6.45, 7) is 4.52. The van der Waals surface area contributed by atoms with Crippen molar-refractivity contribution in [3.63, 3.8) is 0 Å². The minimum atomic E-state index is -4.37. The van der Waals surface area contributed by atoms with Gasteiger partial charge in [-0.05, 0) is 32.0 Å². The second-order valence-corrected chi connectivity index (χ2v) is 4.75. The van der Waals surface area contributed by atoms with Gasteiger partial charge < -0.3 is 10.1 Å². The number of halogens is 4. The molecule has 1 aromatic carbocycles. The molecule has 1 rings (SSSR count). The summed E-state index contributed by atoms with van der Waals surface area (Å²) < 4.78 is 44.1. The van der Waals surface area contributed by atoms with Gasteiger partial charge in [-0.2, -0.15) is 13.2 Å². The molecule has 2 nitrogen and oxygen atoms in total. The van der Waals surface area contributed by atoms with Gasteiger partial charge in [0.15, 0.2) is 0 Å². The zero-order valence-corrected chi connectivity index (χ0v) is 11.7. The Morgan fingerprint density at radius 3 is 2.61 bits per heavy atom. The Bertz CT molecular complexity index is 395. The van der Waals surface area contributed by atoms with Gasteiger partial charge in [-0.25, -0.2) is 0 Å². The quantitative estimate of drug-likeness (QED) is 0.871. The molecule has 0 aliphatic carbocycles. The molecule has 0 saturated carbocycles. The standard InChI is InChI=1S/C12H15BrF3NO/c1-3-18-8(2)7-17-11-5-4-9(13)6-10(11)12(14,15)16/h4-6,8,17H,3,7H2,1-2H3. The van der Waals surface area contributed by atoms with Gasteiger partial charge in [-0.15, -0.1) is 0 Å². The zero-order valence-electron chi connectivity index (χ0n) is 10.1. The maximum absolute atomic E-state index is 12.8. The van der Waals surface area contributed by atoms with Gasteiger partial charge in [0.1, 0.15) is 0 Å². The fourth-order valence-electron chi connectivity index (χ4n) is 1.50. The highest BCUT2D eigenvalue weighted by Crippen LogP contribution is 2.36. The summed E-state index contributed by atoms with van der Waals surface area (Å²) in [5.74, 6) is 0. The third kappa shape index (κ3) is 4.49. The molecular weight excluding hydrogens is 311 g/mol. The van der Waals surface area contributed by atoms with Crippen molar-refractivity contribution in [2.24, 2.45) is 0 Å². The predicted octanol–water partition coefficient (Wildman–Crippen LogP) is 4.30. The molecule has 18 heavy (non-hydrogen) atoms. The Kier molecular flexibility index (Phi) is 5.47. The summed E-state index contributed by atoms with van der Waals surface area (Å²) in [6.07, 6.45) is -4.51. The van der Waals surface area contributed by atoms with Crippen LogP contribution in [-0.2, 0) is 10.9 Å². The highest BCUT2D eigenvalue weighted by atomic mass is 79.9. The average Bonchev–Trinajstić information content (AvgIpc) is 2.26. The van der Waals surface area contributed by atoms with E-state index in [-0.39, 0.29) is 11.8 Å². The molecule has 0 amide bonds. The van der Waals surface area contributed by atoms with E-state index in [0.717, 1.165) is 6.07 Å². The van der Waals surface area contributed by atoms with Crippen molar-refractivity contribution >= 4 is 21.6 Å². The number of anilines is 1. The molecule has 1 unspecified atom stereocenters. The third-order valence-electron chi connectivity index (χ3n) is 2.32. The second-order valence-electron chi connectivity index (χ2n) is 3.83. The van der Waals surface area contributed by atoms with Crippen LogP contribution in [0.4, 0.5) is 18.9 Å². The minimum absolute atomic E-state index is 0.0669. The van der Waals surface area contributed by atoms with Gasteiger partial charge in [-0.1, -0.05) is 15.9 Å². The van der Waals surface area contributed by atoms with Gasteiger partial charge >= 0.3 is 6.18 Å². The van der Waals surface area contributed by atoms with Crippen molar-refractivity contribution < 1.29 is 17.9 Å². The van der Waals surface area contributed by atoms with Gasteiger partial charge in [0.25, 0.3) is 0 Å². The number of rotatable bonds is 5. The van der Waals surface area contributed by atoms with Gasteiger partial charge in [0.05, 0.1) is 11.7 Å². The molecule has 0 bridgehead atoms. The van der Waals surface area contributed by atoms with Crippen LogP contribution in [0, 0.1) is 0 Å². The Labute approximate surface area is 113 Å². The third-order valence-corrected chi connectivity index (χ3v) is 2.81. The normalized spacial score (nSPS) is 13.4. The van der Waals surface area contributed by atoms with Crippen LogP contribution in [0.25, 0.3) is 0 Å². The van der Waals surface area contributed by atoms with Crippen molar-refractivity contribution in [2.75, 3.05) is 18.5 Å². The molecule has 0 fully saturated rings. The smallest absolute Gasteiger partial charge is 0.382 e. The monoisotopic (exact) mass is 325 g/mol. The molecule has 0 radical (unpaired) electrons. The molecule has 0 aliphatic rings. The van der Waals surface area contributed by atoms with Crippen LogP contribution in [0.2, 0.25) is 0 Å². The van der Waals surface area contributed by atoms with Gasteiger partial charge in [-0.3, -0.25) is 0 Å². The van der Waals surface area contributed by atoms with E-state index in [1.165, 1.54) is 6.07 Å². The van der Waals surface area contributed by atoms with Crippen molar-refractivity contribution in [3.8, 4) is 0 Å². The molecular formula is C12H15BrF3NO. The highest BCUT2D eigenvalue weighted by molar-refractivity contribution is 9.10. The van der Waals surface area contributed by atoms with E-state index < -0.39 is 11.7 Å². The van der Waals surface area contributed by atoms with E-state index in [2.05, 4.69) is 21.2 Å². The molecule has 102 valence electrons. The number of alkyl halides is 3. The van der Waals surface area contributed by atoms with E-state index in [4.69, 9.17) is 4.74 Å². The van der Waals surface area contributed by atoms with Crippen LogP contribution in [0.5, 0.6) is 0 Å². The molecule has 1 aromatic rings. The number of nitrogens with one attached hydrogen (secondary N) is 1. The lowest BCUT2D eigenvalue weighted by Crippen LogP contribution is -2.21. The van der Waals surface area contributed by atoms with Crippen molar-refractivity contribution in [1.82, 2.24) is 0 Å². The summed E-state index contributed by atoms with van der Waals surface area (Å²) in [7, 11) is 0. The lowest BCUT2D eigenvalue weighted by Gasteiger charge is -2.17. The number of ether oxygens (including phenoxy) is 1. The molecule has 0 saturated heterocycles. The first-order valence-electron chi connectivity index (χ1n) is 5.56. The fourth-order valence-corrected chi connectivity index (χ4v) is 1.86. The molecule has 0 aliphatic heterocycles. The zero-order chi connectivity index (χ0) is 13.8. The van der Waals surface area contributed by atoms with Gasteiger partial charge in [0.2, 0.25) is 0 Å². The van der Waals surface area contributed by atoms with E-state index in [1.54, 1.807) is 6.07 Å². The van der Waals surface area contributed by atoms with Crippen LogP contribution >= 0.6 is 15.9 Å². The SMILES string of the molecule is CCOC(C)CNc1ccc(Br)cc1C(F)(F)F. The van der Waals surface area contributed by atoms with Gasteiger partial charge in [0, 0.05) is 23.3 Å². The van der Waals surface area contributed by atoms with Crippen LogP contribution in [0.3, 0.4) is 0 Å². The molecule has 1 atom stereocenters. The van der Waals surface area contributed by atoms with Crippen LogP contribution in [0.1, 0.15) is 19.4 Å². The van der Waals surface area contributed by atoms with E-state index >= 15 is 0 Å².